The third-order valence-electron chi connectivity index (χ3n) is 6.57. The van der Waals surface area contributed by atoms with Crippen LogP contribution in [0.15, 0.2) is 0 Å². The Morgan fingerprint density at radius 3 is 1.86 bits per heavy atom. The number of hydrogen-bond acceptors (Lipinski definition) is 5. The highest BCUT2D eigenvalue weighted by Crippen LogP contribution is 2.06. The molecule has 0 amide bonds. The van der Waals surface area contributed by atoms with Gasteiger partial charge in [-0.15, -0.1) is 0 Å². The van der Waals surface area contributed by atoms with Crippen LogP contribution in [0.3, 0.4) is 0 Å². The zero-order chi connectivity index (χ0) is 21.6. The van der Waals surface area contributed by atoms with Crippen molar-refractivity contribution >= 4 is 0 Å². The van der Waals surface area contributed by atoms with Crippen molar-refractivity contribution in [1.29, 1.82) is 0 Å². The van der Waals surface area contributed by atoms with E-state index in [1.54, 1.807) is 0 Å². The van der Waals surface area contributed by atoms with E-state index in [0.717, 1.165) is 0 Å². The van der Waals surface area contributed by atoms with Crippen molar-refractivity contribution in [2.24, 2.45) is 0 Å². The molecule has 0 aromatic heterocycles. The number of nitrogens with zero attached hydrogens (tertiary/aromatic N) is 5. The molecule has 1 fully saturated rings. The quantitative estimate of drug-likeness (QED) is 0.387. The highest BCUT2D eigenvalue weighted by Gasteiger charge is 2.15. The Labute approximate surface area is 183 Å². The van der Waals surface area contributed by atoms with Crippen molar-refractivity contribution in [3.8, 4) is 0 Å². The second-order valence-corrected chi connectivity index (χ2v) is 9.75. The van der Waals surface area contributed by atoms with Crippen LogP contribution >= 0.6 is 0 Å². The lowest BCUT2D eigenvalue weighted by Crippen LogP contribution is -2.45. The molecular formula is C24H53N5. The van der Waals surface area contributed by atoms with E-state index >= 15 is 0 Å². The van der Waals surface area contributed by atoms with E-state index in [1.807, 2.05) is 0 Å². The van der Waals surface area contributed by atoms with E-state index < -0.39 is 0 Å². The molecule has 0 saturated carbocycles. The van der Waals surface area contributed by atoms with Gasteiger partial charge in [-0.05, 0) is 113 Å². The molecule has 1 aliphatic rings. The Balaban J connectivity index is 2.38. The Morgan fingerprint density at radius 1 is 0.724 bits per heavy atom. The minimum Gasteiger partial charge on any atom is -0.304 e. The highest BCUT2D eigenvalue weighted by molar-refractivity contribution is 4.71. The maximum Gasteiger partial charge on any atom is 0.0110 e. The van der Waals surface area contributed by atoms with Crippen LogP contribution in [-0.4, -0.2) is 123 Å². The maximum absolute atomic E-state index is 2.74. The van der Waals surface area contributed by atoms with Crippen LogP contribution in [0.2, 0.25) is 0 Å². The molecule has 1 aliphatic heterocycles. The van der Waals surface area contributed by atoms with Crippen molar-refractivity contribution in [3.05, 3.63) is 0 Å². The third kappa shape index (κ3) is 12.3. The molecule has 0 aliphatic carbocycles. The standard InChI is InChI=1S/C24H53N5/c1-8-12-29(24(4)5)18-11-17-27(14-9-13-26(7)23(2)3)15-10-16-28-21-19-25(6)20-22-28/h23-24H,8-22H2,1-7H3. The Morgan fingerprint density at radius 2 is 1.31 bits per heavy atom. The van der Waals surface area contributed by atoms with E-state index in [4.69, 9.17) is 0 Å². The summed E-state index contributed by atoms with van der Waals surface area (Å²) in [5.41, 5.74) is 0. The lowest BCUT2D eigenvalue weighted by Gasteiger charge is -2.33. The fourth-order valence-electron chi connectivity index (χ4n) is 4.14. The van der Waals surface area contributed by atoms with Crippen molar-refractivity contribution < 1.29 is 0 Å². The molecule has 174 valence electrons. The van der Waals surface area contributed by atoms with Crippen LogP contribution < -0.4 is 0 Å². The van der Waals surface area contributed by atoms with Gasteiger partial charge in [-0.1, -0.05) is 6.92 Å². The number of likely N-dealkylation sites (N-methyl/N-ethyl adjacent to an activating group) is 1. The smallest absolute Gasteiger partial charge is 0.0110 e. The minimum absolute atomic E-state index is 0.648. The molecule has 0 bridgehead atoms. The van der Waals surface area contributed by atoms with Crippen LogP contribution in [0.1, 0.15) is 60.3 Å². The molecule has 0 aromatic rings. The molecule has 0 aromatic carbocycles. The molecule has 1 heterocycles. The first-order valence-corrected chi connectivity index (χ1v) is 12.4. The topological polar surface area (TPSA) is 16.2 Å². The first kappa shape index (κ1) is 26.8. The number of rotatable bonds is 16. The van der Waals surface area contributed by atoms with Gasteiger partial charge in [0.25, 0.3) is 0 Å². The summed E-state index contributed by atoms with van der Waals surface area (Å²) in [7, 11) is 4.50. The van der Waals surface area contributed by atoms with Crippen LogP contribution in [-0.2, 0) is 0 Å². The lowest BCUT2D eigenvalue weighted by atomic mass is 10.2. The molecular weight excluding hydrogens is 358 g/mol. The van der Waals surface area contributed by atoms with E-state index in [2.05, 4.69) is 73.2 Å². The predicted molar refractivity (Wildman–Crippen MR) is 129 cm³/mol. The van der Waals surface area contributed by atoms with Gasteiger partial charge in [0.1, 0.15) is 0 Å². The van der Waals surface area contributed by atoms with Gasteiger partial charge in [-0.25, -0.2) is 0 Å². The van der Waals surface area contributed by atoms with Crippen LogP contribution in [0.4, 0.5) is 0 Å². The summed E-state index contributed by atoms with van der Waals surface area (Å²) in [5.74, 6) is 0. The van der Waals surface area contributed by atoms with E-state index in [1.165, 1.54) is 97.7 Å². The third-order valence-corrected chi connectivity index (χ3v) is 6.57. The second kappa shape index (κ2) is 15.6. The van der Waals surface area contributed by atoms with E-state index in [0.29, 0.717) is 12.1 Å². The monoisotopic (exact) mass is 411 g/mol. The molecule has 29 heavy (non-hydrogen) atoms. The molecule has 0 atom stereocenters. The molecule has 5 heteroatoms. The molecule has 0 N–H and O–H groups in total. The summed E-state index contributed by atoms with van der Waals surface area (Å²) in [4.78, 5) is 13.0. The van der Waals surface area contributed by atoms with Gasteiger partial charge < -0.3 is 24.5 Å². The van der Waals surface area contributed by atoms with Gasteiger partial charge in [0.05, 0.1) is 0 Å². The van der Waals surface area contributed by atoms with Crippen LogP contribution in [0, 0.1) is 0 Å². The van der Waals surface area contributed by atoms with E-state index in [-0.39, 0.29) is 0 Å². The van der Waals surface area contributed by atoms with Crippen molar-refractivity contribution in [3.63, 3.8) is 0 Å². The molecule has 5 nitrogen and oxygen atoms in total. The summed E-state index contributed by atoms with van der Waals surface area (Å²) in [6, 6.07) is 1.31. The molecule has 0 unspecified atom stereocenters. The highest BCUT2D eigenvalue weighted by atomic mass is 15.2. The first-order chi connectivity index (χ1) is 13.8. The second-order valence-electron chi connectivity index (χ2n) is 9.75. The summed E-state index contributed by atoms with van der Waals surface area (Å²) in [6.07, 6.45) is 5.15. The van der Waals surface area contributed by atoms with Gasteiger partial charge in [0.2, 0.25) is 0 Å². The zero-order valence-corrected chi connectivity index (χ0v) is 21.0. The van der Waals surface area contributed by atoms with Crippen molar-refractivity contribution in [2.75, 3.05) is 86.1 Å². The molecule has 0 radical (unpaired) electrons. The van der Waals surface area contributed by atoms with Crippen molar-refractivity contribution in [1.82, 2.24) is 24.5 Å². The van der Waals surface area contributed by atoms with Gasteiger partial charge in [-0.3, -0.25) is 0 Å². The summed E-state index contributed by atoms with van der Waals surface area (Å²) in [6.45, 7) is 25.2. The predicted octanol–water partition coefficient (Wildman–Crippen LogP) is 3.17. The van der Waals surface area contributed by atoms with Gasteiger partial charge >= 0.3 is 0 Å². The van der Waals surface area contributed by atoms with Crippen molar-refractivity contribution in [2.45, 2.75) is 72.4 Å². The number of piperazine rings is 1. The zero-order valence-electron chi connectivity index (χ0n) is 21.0. The Hall–Kier alpha value is -0.200. The molecule has 0 spiro atoms. The number of hydrogen-bond donors (Lipinski definition) is 0. The Kier molecular flexibility index (Phi) is 14.4. The molecule has 1 saturated heterocycles. The normalized spacial score (nSPS) is 17.0. The SMILES string of the molecule is CCCN(CCCN(CCCN1CCN(C)CC1)CCCN(C)C(C)C)C(C)C. The van der Waals surface area contributed by atoms with Gasteiger partial charge in [-0.2, -0.15) is 0 Å². The molecule has 1 rings (SSSR count). The maximum atomic E-state index is 2.74. The van der Waals surface area contributed by atoms with Crippen LogP contribution in [0.25, 0.3) is 0 Å². The summed E-state index contributed by atoms with van der Waals surface area (Å²) >= 11 is 0. The van der Waals surface area contributed by atoms with Gasteiger partial charge in [0, 0.05) is 38.3 Å². The Bertz CT molecular complexity index is 379. The minimum atomic E-state index is 0.648. The fourth-order valence-corrected chi connectivity index (χ4v) is 4.14. The van der Waals surface area contributed by atoms with Gasteiger partial charge in [0.15, 0.2) is 0 Å². The average Bonchev–Trinajstić information content (AvgIpc) is 2.68. The lowest BCUT2D eigenvalue weighted by molar-refractivity contribution is 0.142. The summed E-state index contributed by atoms with van der Waals surface area (Å²) < 4.78 is 0. The first-order valence-electron chi connectivity index (χ1n) is 12.4. The largest absolute Gasteiger partial charge is 0.304 e. The summed E-state index contributed by atoms with van der Waals surface area (Å²) in [5, 5.41) is 0. The van der Waals surface area contributed by atoms with Crippen LogP contribution in [0.5, 0.6) is 0 Å². The fraction of sp³-hybridized carbons (Fsp3) is 1.00. The average molecular weight is 412 g/mol. The van der Waals surface area contributed by atoms with E-state index in [9.17, 15) is 0 Å².